The van der Waals surface area contributed by atoms with Gasteiger partial charge in [-0.05, 0) is 49.2 Å². The third kappa shape index (κ3) is 3.08. The smallest absolute Gasteiger partial charge is 0.251 e. The Morgan fingerprint density at radius 3 is 2.65 bits per heavy atom. The Hall–Kier alpha value is -2.69. The molecule has 0 fully saturated rings. The topological polar surface area (TPSA) is 56.8 Å². The van der Waals surface area contributed by atoms with Gasteiger partial charge in [0.15, 0.2) is 11.5 Å². The minimum absolute atomic E-state index is 0.163. The first-order valence-corrected chi connectivity index (χ1v) is 7.40. The molecule has 1 amide bonds. The zero-order chi connectivity index (χ0) is 16.4. The molecule has 0 saturated carbocycles. The summed E-state index contributed by atoms with van der Waals surface area (Å²) in [5, 5.41) is 2.91. The molecule has 1 aliphatic heterocycles. The second-order valence-corrected chi connectivity index (χ2v) is 5.50. The molecule has 2 aromatic carbocycles. The molecular formula is C18H19NO4. The Balaban J connectivity index is 1.73. The van der Waals surface area contributed by atoms with Gasteiger partial charge in [-0.1, -0.05) is 6.07 Å². The monoisotopic (exact) mass is 313 g/mol. The van der Waals surface area contributed by atoms with Crippen molar-refractivity contribution in [3.8, 4) is 17.2 Å². The first kappa shape index (κ1) is 15.2. The normalized spacial score (nSPS) is 12.1. The molecule has 5 heteroatoms. The van der Waals surface area contributed by atoms with Crippen LogP contribution < -0.4 is 19.5 Å². The van der Waals surface area contributed by atoms with Crippen LogP contribution in [0.15, 0.2) is 30.3 Å². The molecule has 0 radical (unpaired) electrons. The van der Waals surface area contributed by atoms with Gasteiger partial charge in [0, 0.05) is 17.7 Å². The first-order chi connectivity index (χ1) is 11.1. The van der Waals surface area contributed by atoms with Gasteiger partial charge in [-0.2, -0.15) is 0 Å². The number of carbonyl (C=O) groups is 1. The number of aryl methyl sites for hydroxylation is 2. The third-order valence-corrected chi connectivity index (χ3v) is 3.97. The summed E-state index contributed by atoms with van der Waals surface area (Å²) in [6.07, 6.45) is 0. The van der Waals surface area contributed by atoms with Crippen LogP contribution in [0.25, 0.3) is 0 Å². The highest BCUT2D eigenvalue weighted by Gasteiger charge is 2.16. The maximum absolute atomic E-state index is 12.3. The van der Waals surface area contributed by atoms with Gasteiger partial charge in [0.05, 0.1) is 7.11 Å². The molecule has 0 saturated heterocycles. The number of hydrogen-bond donors (Lipinski definition) is 1. The van der Waals surface area contributed by atoms with Crippen molar-refractivity contribution >= 4 is 5.91 Å². The predicted octanol–water partition coefficient (Wildman–Crippen LogP) is 2.97. The van der Waals surface area contributed by atoms with Crippen LogP contribution in [-0.2, 0) is 6.54 Å². The van der Waals surface area contributed by atoms with Crippen molar-refractivity contribution in [2.75, 3.05) is 13.9 Å². The molecular weight excluding hydrogens is 294 g/mol. The molecule has 1 heterocycles. The fraction of sp³-hybridized carbons (Fsp3) is 0.278. The highest BCUT2D eigenvalue weighted by Crippen LogP contribution is 2.32. The van der Waals surface area contributed by atoms with Gasteiger partial charge in [0.2, 0.25) is 6.79 Å². The van der Waals surface area contributed by atoms with E-state index in [1.807, 2.05) is 26.0 Å². The fourth-order valence-corrected chi connectivity index (χ4v) is 2.49. The zero-order valence-corrected chi connectivity index (χ0v) is 13.4. The summed E-state index contributed by atoms with van der Waals surface area (Å²) >= 11 is 0. The van der Waals surface area contributed by atoms with Crippen molar-refractivity contribution in [1.82, 2.24) is 5.32 Å². The van der Waals surface area contributed by atoms with Crippen LogP contribution >= 0.6 is 0 Å². The lowest BCUT2D eigenvalue weighted by molar-refractivity contribution is 0.0950. The van der Waals surface area contributed by atoms with Gasteiger partial charge in [-0.3, -0.25) is 4.79 Å². The molecule has 1 N–H and O–H groups in total. The quantitative estimate of drug-likeness (QED) is 0.943. The van der Waals surface area contributed by atoms with E-state index in [-0.39, 0.29) is 12.7 Å². The van der Waals surface area contributed by atoms with Crippen LogP contribution in [0, 0.1) is 13.8 Å². The average molecular weight is 313 g/mol. The van der Waals surface area contributed by atoms with Crippen molar-refractivity contribution in [3.05, 3.63) is 52.6 Å². The summed E-state index contributed by atoms with van der Waals surface area (Å²) in [6.45, 7) is 4.67. The summed E-state index contributed by atoms with van der Waals surface area (Å²) in [7, 11) is 1.63. The minimum atomic E-state index is -0.163. The van der Waals surface area contributed by atoms with Crippen LogP contribution in [0.5, 0.6) is 17.2 Å². The first-order valence-electron chi connectivity index (χ1n) is 7.40. The standard InChI is InChI=1S/C18H19NO4/c1-11-6-14(16(21-3)7-12(11)2)9-19-18(20)13-4-5-15-17(8-13)23-10-22-15/h4-8H,9-10H2,1-3H3,(H,19,20). The van der Waals surface area contributed by atoms with Crippen LogP contribution in [0.1, 0.15) is 27.0 Å². The van der Waals surface area contributed by atoms with E-state index < -0.39 is 0 Å². The maximum atomic E-state index is 12.3. The Labute approximate surface area is 135 Å². The number of fused-ring (bicyclic) bond motifs is 1. The molecule has 5 nitrogen and oxygen atoms in total. The van der Waals surface area contributed by atoms with E-state index in [1.54, 1.807) is 25.3 Å². The number of methoxy groups -OCH3 is 1. The molecule has 0 unspecified atom stereocenters. The summed E-state index contributed by atoms with van der Waals surface area (Å²) in [6, 6.07) is 9.18. The molecule has 0 bridgehead atoms. The Bertz CT molecular complexity index is 755. The lowest BCUT2D eigenvalue weighted by Crippen LogP contribution is -2.23. The number of hydrogen-bond acceptors (Lipinski definition) is 4. The molecule has 23 heavy (non-hydrogen) atoms. The molecule has 0 atom stereocenters. The van der Waals surface area contributed by atoms with E-state index in [4.69, 9.17) is 14.2 Å². The number of carbonyl (C=O) groups excluding carboxylic acids is 1. The number of benzene rings is 2. The molecule has 120 valence electrons. The zero-order valence-electron chi connectivity index (χ0n) is 13.4. The molecule has 0 aromatic heterocycles. The summed E-state index contributed by atoms with van der Waals surface area (Å²) in [5.74, 6) is 1.88. The molecule has 2 aromatic rings. The number of rotatable bonds is 4. The Morgan fingerprint density at radius 2 is 1.87 bits per heavy atom. The van der Waals surface area contributed by atoms with E-state index in [2.05, 4.69) is 5.32 Å². The molecule has 0 aliphatic carbocycles. The van der Waals surface area contributed by atoms with Gasteiger partial charge in [-0.15, -0.1) is 0 Å². The van der Waals surface area contributed by atoms with Gasteiger partial charge in [0.1, 0.15) is 5.75 Å². The maximum Gasteiger partial charge on any atom is 0.251 e. The van der Waals surface area contributed by atoms with Gasteiger partial charge in [-0.25, -0.2) is 0 Å². The number of ether oxygens (including phenoxy) is 3. The minimum Gasteiger partial charge on any atom is -0.496 e. The highest BCUT2D eigenvalue weighted by atomic mass is 16.7. The van der Waals surface area contributed by atoms with Crippen molar-refractivity contribution in [3.63, 3.8) is 0 Å². The van der Waals surface area contributed by atoms with Crippen LogP contribution in [0.3, 0.4) is 0 Å². The second-order valence-electron chi connectivity index (χ2n) is 5.50. The van der Waals surface area contributed by atoms with Gasteiger partial charge < -0.3 is 19.5 Å². The molecule has 3 rings (SSSR count). The molecule has 1 aliphatic rings. The Kier molecular flexibility index (Phi) is 4.10. The third-order valence-electron chi connectivity index (χ3n) is 3.97. The lowest BCUT2D eigenvalue weighted by Gasteiger charge is -2.13. The van der Waals surface area contributed by atoms with E-state index in [0.717, 1.165) is 22.4 Å². The Morgan fingerprint density at radius 1 is 1.13 bits per heavy atom. The van der Waals surface area contributed by atoms with Crippen LogP contribution in [-0.4, -0.2) is 19.8 Å². The van der Waals surface area contributed by atoms with Crippen molar-refractivity contribution < 1.29 is 19.0 Å². The van der Waals surface area contributed by atoms with Gasteiger partial charge in [0.25, 0.3) is 5.91 Å². The lowest BCUT2D eigenvalue weighted by atomic mass is 10.0. The summed E-state index contributed by atoms with van der Waals surface area (Å²) in [4.78, 5) is 12.3. The van der Waals surface area contributed by atoms with E-state index in [9.17, 15) is 4.79 Å². The predicted molar refractivity (Wildman–Crippen MR) is 86.2 cm³/mol. The highest BCUT2D eigenvalue weighted by molar-refractivity contribution is 5.94. The second kappa shape index (κ2) is 6.20. The van der Waals surface area contributed by atoms with E-state index in [1.165, 1.54) is 0 Å². The SMILES string of the molecule is COc1cc(C)c(C)cc1CNC(=O)c1ccc2c(c1)OCO2. The van der Waals surface area contributed by atoms with Crippen LogP contribution in [0.4, 0.5) is 0 Å². The summed E-state index contributed by atoms with van der Waals surface area (Å²) < 4.78 is 15.9. The molecule has 0 spiro atoms. The van der Waals surface area contributed by atoms with Crippen molar-refractivity contribution in [2.24, 2.45) is 0 Å². The largest absolute Gasteiger partial charge is 0.496 e. The van der Waals surface area contributed by atoms with Gasteiger partial charge >= 0.3 is 0 Å². The average Bonchev–Trinajstić information content (AvgIpc) is 3.02. The summed E-state index contributed by atoms with van der Waals surface area (Å²) in [5.41, 5.74) is 3.81. The van der Waals surface area contributed by atoms with Crippen molar-refractivity contribution in [2.45, 2.75) is 20.4 Å². The van der Waals surface area contributed by atoms with Crippen LogP contribution in [0.2, 0.25) is 0 Å². The van der Waals surface area contributed by atoms with Crippen molar-refractivity contribution in [1.29, 1.82) is 0 Å². The fourth-order valence-electron chi connectivity index (χ4n) is 2.49. The number of amides is 1. The van der Waals surface area contributed by atoms with E-state index >= 15 is 0 Å². The van der Waals surface area contributed by atoms with E-state index in [0.29, 0.717) is 23.6 Å². The number of nitrogens with one attached hydrogen (secondary N) is 1.